The number of nitrogens with two attached hydrogens (primary N) is 1. The van der Waals surface area contributed by atoms with Crippen LogP contribution in [0.3, 0.4) is 0 Å². The zero-order valence-electron chi connectivity index (χ0n) is 17.0. The molecule has 0 unspecified atom stereocenters. The van der Waals surface area contributed by atoms with Crippen molar-refractivity contribution in [1.82, 2.24) is 9.78 Å². The first kappa shape index (κ1) is 21.8. The van der Waals surface area contributed by atoms with Crippen LogP contribution in [0.15, 0.2) is 83.8 Å². The Labute approximate surface area is 190 Å². The van der Waals surface area contributed by atoms with Gasteiger partial charge in [0.2, 0.25) is 15.9 Å². The number of nitrogens with one attached hydrogen (secondary N) is 1. The molecule has 162 valence electrons. The number of hydrogen-bond donors (Lipinski definition) is 2. The fourth-order valence-electron chi connectivity index (χ4n) is 3.32. The second kappa shape index (κ2) is 8.58. The Bertz CT molecular complexity index is 1400. The lowest BCUT2D eigenvalue weighted by Crippen LogP contribution is -2.12. The van der Waals surface area contributed by atoms with E-state index in [1.54, 1.807) is 35.0 Å². The minimum absolute atomic E-state index is 0.0117. The molecule has 0 aliphatic heterocycles. The number of rotatable bonds is 5. The van der Waals surface area contributed by atoms with E-state index < -0.39 is 10.0 Å². The molecule has 0 fully saturated rings. The number of carbonyl (C=O) groups is 1. The average molecular weight is 467 g/mol. The Kier molecular flexibility index (Phi) is 5.84. The number of aromatic nitrogens is 2. The summed E-state index contributed by atoms with van der Waals surface area (Å²) in [4.78, 5) is 11.7. The molecule has 0 saturated carbocycles. The maximum atomic E-state index is 11.6. The summed E-state index contributed by atoms with van der Waals surface area (Å²) in [6.45, 7) is 1.45. The molecular weight excluding hydrogens is 448 g/mol. The van der Waals surface area contributed by atoms with E-state index in [2.05, 4.69) is 5.32 Å². The Morgan fingerprint density at radius 2 is 1.66 bits per heavy atom. The van der Waals surface area contributed by atoms with E-state index in [9.17, 15) is 13.2 Å². The molecule has 1 heterocycles. The zero-order chi connectivity index (χ0) is 22.9. The summed E-state index contributed by atoms with van der Waals surface area (Å²) in [6.07, 6.45) is 0. The van der Waals surface area contributed by atoms with Crippen LogP contribution in [0.1, 0.15) is 6.92 Å². The molecule has 0 radical (unpaired) electrons. The molecule has 7 nitrogen and oxygen atoms in total. The van der Waals surface area contributed by atoms with E-state index in [0.717, 1.165) is 16.8 Å². The van der Waals surface area contributed by atoms with Gasteiger partial charge in [-0.15, -0.1) is 0 Å². The van der Waals surface area contributed by atoms with Crippen LogP contribution in [0.5, 0.6) is 0 Å². The lowest BCUT2D eigenvalue weighted by molar-refractivity contribution is -0.114. The normalized spacial score (nSPS) is 11.3. The molecule has 0 aliphatic rings. The summed E-state index contributed by atoms with van der Waals surface area (Å²) >= 11 is 6.06. The number of sulfonamides is 1. The van der Waals surface area contributed by atoms with E-state index in [-0.39, 0.29) is 10.8 Å². The summed E-state index contributed by atoms with van der Waals surface area (Å²) in [5, 5.41) is 13.4. The molecule has 0 bridgehead atoms. The molecule has 3 aromatic carbocycles. The Morgan fingerprint density at radius 3 is 2.28 bits per heavy atom. The number of anilines is 1. The lowest BCUT2D eigenvalue weighted by atomic mass is 10.1. The van der Waals surface area contributed by atoms with Crippen molar-refractivity contribution in [2.45, 2.75) is 11.8 Å². The number of nitrogens with zero attached hydrogens (tertiary/aromatic N) is 2. The van der Waals surface area contributed by atoms with Crippen LogP contribution in [0.4, 0.5) is 5.69 Å². The monoisotopic (exact) mass is 466 g/mol. The zero-order valence-corrected chi connectivity index (χ0v) is 18.6. The summed E-state index contributed by atoms with van der Waals surface area (Å²) in [5.74, 6) is -0.187. The minimum atomic E-state index is -3.81. The first-order valence-electron chi connectivity index (χ1n) is 9.58. The van der Waals surface area contributed by atoms with Gasteiger partial charge in [-0.1, -0.05) is 41.9 Å². The van der Waals surface area contributed by atoms with Crippen molar-refractivity contribution >= 4 is 33.2 Å². The third-order valence-corrected chi connectivity index (χ3v) is 5.95. The second-order valence-electron chi connectivity index (χ2n) is 7.10. The Morgan fingerprint density at radius 1 is 1.00 bits per heavy atom. The van der Waals surface area contributed by atoms with Crippen LogP contribution in [-0.4, -0.2) is 24.1 Å². The largest absolute Gasteiger partial charge is 0.326 e. The molecule has 0 spiro atoms. The Hall–Kier alpha value is -3.46. The number of benzene rings is 3. The van der Waals surface area contributed by atoms with Crippen molar-refractivity contribution in [1.29, 1.82) is 0 Å². The van der Waals surface area contributed by atoms with Gasteiger partial charge in [-0.25, -0.2) is 18.2 Å². The molecule has 32 heavy (non-hydrogen) atoms. The van der Waals surface area contributed by atoms with Crippen molar-refractivity contribution < 1.29 is 13.2 Å². The van der Waals surface area contributed by atoms with Crippen LogP contribution in [-0.2, 0) is 14.8 Å². The molecule has 1 amide bonds. The second-order valence-corrected chi connectivity index (χ2v) is 9.10. The third-order valence-electron chi connectivity index (χ3n) is 4.77. The van der Waals surface area contributed by atoms with Gasteiger partial charge in [0.05, 0.1) is 27.7 Å². The number of primary sulfonamides is 1. The molecule has 0 aliphatic carbocycles. The van der Waals surface area contributed by atoms with Crippen LogP contribution >= 0.6 is 11.6 Å². The van der Waals surface area contributed by atoms with E-state index in [1.165, 1.54) is 19.1 Å². The maximum Gasteiger partial charge on any atom is 0.238 e. The molecule has 0 saturated heterocycles. The van der Waals surface area contributed by atoms with Crippen molar-refractivity contribution in [3.63, 3.8) is 0 Å². The smallest absolute Gasteiger partial charge is 0.238 e. The van der Waals surface area contributed by atoms with Crippen molar-refractivity contribution in [2.24, 2.45) is 5.14 Å². The number of carbonyl (C=O) groups excluding carboxylic acids is 1. The van der Waals surface area contributed by atoms with Gasteiger partial charge in [-0.2, -0.15) is 5.10 Å². The SMILES string of the molecule is CC(=O)Nc1ccccc1-c1cc(-c2ccc(Cl)cc2)n(-c2ccc(S(N)(=O)=O)cc2)n1. The van der Waals surface area contributed by atoms with Gasteiger partial charge in [0.25, 0.3) is 0 Å². The summed E-state index contributed by atoms with van der Waals surface area (Å²) < 4.78 is 25.0. The van der Waals surface area contributed by atoms with E-state index in [4.69, 9.17) is 21.8 Å². The predicted molar refractivity (Wildman–Crippen MR) is 125 cm³/mol. The minimum Gasteiger partial charge on any atom is -0.326 e. The van der Waals surface area contributed by atoms with Gasteiger partial charge in [-0.05, 0) is 48.5 Å². The summed E-state index contributed by atoms with van der Waals surface area (Å²) in [6, 6.07) is 22.7. The first-order valence-corrected chi connectivity index (χ1v) is 11.5. The number of hydrogen-bond acceptors (Lipinski definition) is 4. The van der Waals surface area contributed by atoms with Gasteiger partial charge in [0.1, 0.15) is 0 Å². The molecule has 3 N–H and O–H groups in total. The van der Waals surface area contributed by atoms with Crippen LogP contribution < -0.4 is 10.5 Å². The third kappa shape index (κ3) is 4.57. The summed E-state index contributed by atoms with van der Waals surface area (Å²) in [5.41, 5.74) is 4.29. The highest BCUT2D eigenvalue weighted by Crippen LogP contribution is 2.33. The molecular formula is C23H19ClN4O3S. The van der Waals surface area contributed by atoms with Crippen LogP contribution in [0.25, 0.3) is 28.2 Å². The van der Waals surface area contributed by atoms with Crippen molar-refractivity contribution in [3.8, 4) is 28.2 Å². The van der Waals surface area contributed by atoms with Crippen molar-refractivity contribution in [3.05, 3.63) is 83.9 Å². The maximum absolute atomic E-state index is 11.6. The fraction of sp³-hybridized carbons (Fsp3) is 0.0435. The number of para-hydroxylation sites is 1. The van der Waals surface area contributed by atoms with Gasteiger partial charge in [0, 0.05) is 23.1 Å². The highest BCUT2D eigenvalue weighted by atomic mass is 35.5. The molecule has 1 aromatic heterocycles. The number of halogens is 1. The van der Waals surface area contributed by atoms with Crippen molar-refractivity contribution in [2.75, 3.05) is 5.32 Å². The average Bonchev–Trinajstić information content (AvgIpc) is 3.19. The standard InChI is InChI=1S/C23H19ClN4O3S/c1-15(29)26-21-5-3-2-4-20(21)22-14-23(16-6-8-17(24)9-7-16)28(27-22)18-10-12-19(13-11-18)32(25,30)31/h2-14H,1H3,(H,26,29)(H2,25,30,31). The molecule has 9 heteroatoms. The van der Waals surface area contributed by atoms with Crippen LogP contribution in [0.2, 0.25) is 5.02 Å². The van der Waals surface area contributed by atoms with Gasteiger partial charge in [0.15, 0.2) is 0 Å². The predicted octanol–water partition coefficient (Wildman–Crippen LogP) is 4.47. The van der Waals surface area contributed by atoms with Crippen LogP contribution in [0, 0.1) is 0 Å². The van der Waals surface area contributed by atoms with Gasteiger partial charge >= 0.3 is 0 Å². The lowest BCUT2D eigenvalue weighted by Gasteiger charge is -2.09. The van der Waals surface area contributed by atoms with Gasteiger partial charge < -0.3 is 5.32 Å². The topological polar surface area (TPSA) is 107 Å². The Balaban J connectivity index is 1.89. The first-order chi connectivity index (χ1) is 15.2. The quantitative estimate of drug-likeness (QED) is 0.452. The van der Waals surface area contributed by atoms with E-state index >= 15 is 0 Å². The molecule has 4 aromatic rings. The van der Waals surface area contributed by atoms with E-state index in [0.29, 0.717) is 22.1 Å². The van der Waals surface area contributed by atoms with Gasteiger partial charge in [-0.3, -0.25) is 4.79 Å². The molecule has 4 rings (SSSR count). The highest BCUT2D eigenvalue weighted by Gasteiger charge is 2.16. The number of amides is 1. The summed E-state index contributed by atoms with van der Waals surface area (Å²) in [7, 11) is -3.81. The fourth-order valence-corrected chi connectivity index (χ4v) is 3.96. The van der Waals surface area contributed by atoms with E-state index in [1.807, 2.05) is 36.4 Å². The molecule has 0 atom stereocenters. The highest BCUT2D eigenvalue weighted by molar-refractivity contribution is 7.89.